The zero-order chi connectivity index (χ0) is 16.9. The Labute approximate surface area is 146 Å². The molecule has 0 spiro atoms. The molecule has 1 aliphatic carbocycles. The summed E-state index contributed by atoms with van der Waals surface area (Å²) in [4.78, 5) is 0. The average Bonchev–Trinajstić information content (AvgIpc) is 2.79. The Bertz CT molecular complexity index is 377. The van der Waals surface area contributed by atoms with E-state index in [1.807, 2.05) is 0 Å². The highest BCUT2D eigenvalue weighted by Crippen LogP contribution is 2.29. The first-order chi connectivity index (χ1) is 11.2. The van der Waals surface area contributed by atoms with Crippen molar-refractivity contribution in [2.45, 2.75) is 98.3 Å². The molecule has 0 saturated carbocycles. The molecular formula is C23H40. The number of unbranched alkanes of at least 4 members (excludes halogenated alkanes) is 2. The van der Waals surface area contributed by atoms with Gasteiger partial charge in [0.05, 0.1) is 0 Å². The van der Waals surface area contributed by atoms with Crippen LogP contribution in [0.2, 0.25) is 0 Å². The first-order valence-corrected chi connectivity index (χ1v) is 10.3. The van der Waals surface area contributed by atoms with Gasteiger partial charge in [0.25, 0.3) is 0 Å². The molecule has 0 aromatic rings. The predicted octanol–water partition coefficient (Wildman–Crippen LogP) is 8.01. The average molecular weight is 317 g/mol. The highest BCUT2D eigenvalue weighted by Gasteiger charge is 2.13. The number of hydrogen-bond acceptors (Lipinski definition) is 0. The molecule has 0 radical (unpaired) electrons. The molecule has 0 amide bonds. The van der Waals surface area contributed by atoms with Crippen molar-refractivity contribution in [3.05, 3.63) is 35.5 Å². The van der Waals surface area contributed by atoms with Crippen molar-refractivity contribution in [2.75, 3.05) is 0 Å². The molecule has 0 nitrogen and oxygen atoms in total. The summed E-state index contributed by atoms with van der Waals surface area (Å²) >= 11 is 0. The molecule has 1 atom stereocenters. The molecule has 1 rings (SSSR count). The summed E-state index contributed by atoms with van der Waals surface area (Å²) in [5.41, 5.74) is 3.24. The Morgan fingerprint density at radius 3 is 2.26 bits per heavy atom. The van der Waals surface area contributed by atoms with Gasteiger partial charge in [-0.3, -0.25) is 0 Å². The second-order valence-electron chi connectivity index (χ2n) is 7.34. The van der Waals surface area contributed by atoms with E-state index in [9.17, 15) is 0 Å². The van der Waals surface area contributed by atoms with E-state index in [2.05, 4.69) is 52.0 Å². The van der Waals surface area contributed by atoms with Crippen LogP contribution in [0.4, 0.5) is 0 Å². The van der Waals surface area contributed by atoms with Gasteiger partial charge in [-0.1, -0.05) is 103 Å². The normalized spacial score (nSPS) is 16.2. The van der Waals surface area contributed by atoms with E-state index < -0.39 is 0 Å². The maximum atomic E-state index is 2.53. The van der Waals surface area contributed by atoms with Gasteiger partial charge in [0.2, 0.25) is 0 Å². The van der Waals surface area contributed by atoms with E-state index >= 15 is 0 Å². The van der Waals surface area contributed by atoms with Crippen LogP contribution in [-0.4, -0.2) is 0 Å². The first kappa shape index (κ1) is 20.3. The highest BCUT2D eigenvalue weighted by molar-refractivity contribution is 5.32. The van der Waals surface area contributed by atoms with Gasteiger partial charge in [-0.15, -0.1) is 0 Å². The van der Waals surface area contributed by atoms with Crippen molar-refractivity contribution >= 4 is 0 Å². The molecule has 0 fully saturated rings. The first-order valence-electron chi connectivity index (χ1n) is 10.3. The monoisotopic (exact) mass is 316 g/mol. The van der Waals surface area contributed by atoms with Gasteiger partial charge in [0.15, 0.2) is 0 Å². The van der Waals surface area contributed by atoms with Gasteiger partial charge in [0.1, 0.15) is 0 Å². The predicted molar refractivity (Wildman–Crippen MR) is 106 cm³/mol. The molecule has 0 heterocycles. The van der Waals surface area contributed by atoms with E-state index in [1.54, 1.807) is 11.1 Å². The Balaban J connectivity index is 2.58. The summed E-state index contributed by atoms with van der Waals surface area (Å²) in [5, 5.41) is 0. The summed E-state index contributed by atoms with van der Waals surface area (Å²) in [5.74, 6) is 1.67. The molecule has 0 saturated heterocycles. The fourth-order valence-electron chi connectivity index (χ4n) is 3.81. The molecule has 0 unspecified atom stereocenters. The molecule has 0 heteroatoms. The second kappa shape index (κ2) is 12.6. The van der Waals surface area contributed by atoms with Crippen LogP contribution in [0.15, 0.2) is 35.5 Å². The van der Waals surface area contributed by atoms with E-state index in [-0.39, 0.29) is 0 Å². The Morgan fingerprint density at radius 1 is 0.913 bits per heavy atom. The van der Waals surface area contributed by atoms with Crippen molar-refractivity contribution in [1.29, 1.82) is 0 Å². The van der Waals surface area contributed by atoms with Crippen molar-refractivity contribution in [1.82, 2.24) is 0 Å². The minimum Gasteiger partial charge on any atom is -0.0770 e. The lowest BCUT2D eigenvalue weighted by atomic mass is 9.88. The molecule has 0 N–H and O–H groups in total. The minimum atomic E-state index is 0.778. The molecule has 1 aliphatic rings. The summed E-state index contributed by atoms with van der Waals surface area (Å²) < 4.78 is 0. The molecule has 0 aliphatic heterocycles. The Kier molecular flexibility index (Phi) is 11.1. The van der Waals surface area contributed by atoms with Crippen LogP contribution in [0.5, 0.6) is 0 Å². The standard InChI is InChI=1S/C23H40/c1-5-9-10-14-20(8-4)19-21-15-11-16-23(18-17-21)22(12-6-2)13-7-3/h11,15-16,18,20,22H,5-10,12-14,17,19H2,1-4H3/t20-/m0/s1. The third kappa shape index (κ3) is 8.04. The summed E-state index contributed by atoms with van der Waals surface area (Å²) in [6.45, 7) is 9.29. The van der Waals surface area contributed by atoms with Gasteiger partial charge < -0.3 is 0 Å². The van der Waals surface area contributed by atoms with Crippen LogP contribution in [0, 0.1) is 11.8 Å². The maximum absolute atomic E-state index is 2.53. The van der Waals surface area contributed by atoms with Crippen molar-refractivity contribution in [2.24, 2.45) is 11.8 Å². The van der Waals surface area contributed by atoms with Crippen LogP contribution in [0.25, 0.3) is 0 Å². The minimum absolute atomic E-state index is 0.778. The molecule has 0 bridgehead atoms. The molecule has 132 valence electrons. The largest absolute Gasteiger partial charge is 0.0770 e. The number of allylic oxidation sites excluding steroid dienone is 6. The van der Waals surface area contributed by atoms with Gasteiger partial charge in [-0.2, -0.15) is 0 Å². The van der Waals surface area contributed by atoms with E-state index in [0.717, 1.165) is 11.8 Å². The highest BCUT2D eigenvalue weighted by atomic mass is 14.2. The van der Waals surface area contributed by atoms with E-state index in [1.165, 1.54) is 70.6 Å². The van der Waals surface area contributed by atoms with E-state index in [4.69, 9.17) is 0 Å². The lowest BCUT2D eigenvalue weighted by Crippen LogP contribution is -2.03. The lowest BCUT2D eigenvalue weighted by Gasteiger charge is -2.18. The maximum Gasteiger partial charge on any atom is -0.0130 e. The Hall–Kier alpha value is -0.780. The van der Waals surface area contributed by atoms with Crippen LogP contribution < -0.4 is 0 Å². The lowest BCUT2D eigenvalue weighted by molar-refractivity contribution is 0.439. The van der Waals surface area contributed by atoms with Gasteiger partial charge in [-0.05, 0) is 43.1 Å². The fourth-order valence-corrected chi connectivity index (χ4v) is 3.81. The Morgan fingerprint density at radius 2 is 1.65 bits per heavy atom. The van der Waals surface area contributed by atoms with Gasteiger partial charge in [-0.25, -0.2) is 0 Å². The van der Waals surface area contributed by atoms with Crippen LogP contribution in [0.3, 0.4) is 0 Å². The molecule has 23 heavy (non-hydrogen) atoms. The topological polar surface area (TPSA) is 0 Å². The third-order valence-corrected chi connectivity index (χ3v) is 5.31. The fraction of sp³-hybridized carbons (Fsp3) is 0.739. The van der Waals surface area contributed by atoms with Crippen LogP contribution in [0.1, 0.15) is 98.3 Å². The molecule has 0 aromatic heterocycles. The molecule has 0 aromatic carbocycles. The van der Waals surface area contributed by atoms with Crippen molar-refractivity contribution < 1.29 is 0 Å². The van der Waals surface area contributed by atoms with Crippen LogP contribution >= 0.6 is 0 Å². The third-order valence-electron chi connectivity index (χ3n) is 5.31. The van der Waals surface area contributed by atoms with E-state index in [0.29, 0.717) is 0 Å². The smallest absolute Gasteiger partial charge is 0.0130 e. The molecular weight excluding hydrogens is 276 g/mol. The zero-order valence-corrected chi connectivity index (χ0v) is 16.2. The SMILES string of the molecule is CCCCC[C@H](CC)CC1=CC=CC(C(CCC)CCC)=CC1. The van der Waals surface area contributed by atoms with Gasteiger partial charge in [0, 0.05) is 0 Å². The number of rotatable bonds is 12. The summed E-state index contributed by atoms with van der Waals surface area (Å²) in [7, 11) is 0. The van der Waals surface area contributed by atoms with Crippen molar-refractivity contribution in [3.8, 4) is 0 Å². The quantitative estimate of drug-likeness (QED) is 0.320. The van der Waals surface area contributed by atoms with Gasteiger partial charge >= 0.3 is 0 Å². The van der Waals surface area contributed by atoms with Crippen LogP contribution in [-0.2, 0) is 0 Å². The summed E-state index contributed by atoms with van der Waals surface area (Å²) in [6, 6.07) is 0. The summed E-state index contributed by atoms with van der Waals surface area (Å²) in [6.07, 6.45) is 24.3. The second-order valence-corrected chi connectivity index (χ2v) is 7.34. The van der Waals surface area contributed by atoms with Crippen molar-refractivity contribution in [3.63, 3.8) is 0 Å². The zero-order valence-electron chi connectivity index (χ0n) is 16.2. The number of hydrogen-bond donors (Lipinski definition) is 0.